The zero-order valence-electron chi connectivity index (χ0n) is 13.9. The fourth-order valence-corrected chi connectivity index (χ4v) is 2.66. The standard InChI is InChI=1S/C16H23N3O4.2ClH/c1-23-16(22)14-7-13(6-11(18)9-21)19-12(5-10(17)8-20)3-2-4-15(14)19;;/h2-4,7,10-11,20-21H,5-6,8-9,17-18H2,1H3;2*1H. The van der Waals surface area contributed by atoms with E-state index in [4.69, 9.17) is 16.2 Å². The third-order valence-electron chi connectivity index (χ3n) is 3.76. The van der Waals surface area contributed by atoms with E-state index in [1.807, 2.05) is 22.6 Å². The predicted octanol–water partition coefficient (Wildman–Crippen LogP) is 0.294. The van der Waals surface area contributed by atoms with Gasteiger partial charge in [0.2, 0.25) is 0 Å². The number of pyridine rings is 1. The van der Waals surface area contributed by atoms with Crippen LogP contribution in [0.15, 0.2) is 24.3 Å². The van der Waals surface area contributed by atoms with Gasteiger partial charge < -0.3 is 30.8 Å². The summed E-state index contributed by atoms with van der Waals surface area (Å²) < 4.78 is 6.73. The molecule has 0 saturated carbocycles. The Morgan fingerprint density at radius 2 is 1.68 bits per heavy atom. The summed E-state index contributed by atoms with van der Waals surface area (Å²) >= 11 is 0. The van der Waals surface area contributed by atoms with Crippen LogP contribution in [0.25, 0.3) is 5.52 Å². The maximum Gasteiger partial charge on any atom is 0.340 e. The smallest absolute Gasteiger partial charge is 0.340 e. The molecule has 0 radical (unpaired) electrons. The summed E-state index contributed by atoms with van der Waals surface area (Å²) in [5.41, 5.74) is 14.5. The summed E-state index contributed by atoms with van der Waals surface area (Å²) in [5.74, 6) is -0.435. The molecule has 2 rings (SSSR count). The molecular formula is C16H25Cl2N3O4. The zero-order valence-corrected chi connectivity index (χ0v) is 15.6. The summed E-state index contributed by atoms with van der Waals surface area (Å²) in [4.78, 5) is 12.0. The first kappa shape index (κ1) is 23.6. The van der Waals surface area contributed by atoms with Crippen molar-refractivity contribution in [3.8, 4) is 0 Å². The molecule has 0 aliphatic carbocycles. The quantitative estimate of drug-likeness (QED) is 0.501. The van der Waals surface area contributed by atoms with Crippen LogP contribution in [0.3, 0.4) is 0 Å². The maximum atomic E-state index is 12.0. The van der Waals surface area contributed by atoms with Crippen molar-refractivity contribution in [2.45, 2.75) is 24.9 Å². The second-order valence-electron chi connectivity index (χ2n) is 5.57. The van der Waals surface area contributed by atoms with Crippen molar-refractivity contribution in [2.75, 3.05) is 20.3 Å². The first-order valence-electron chi connectivity index (χ1n) is 7.45. The number of aliphatic hydroxyl groups excluding tert-OH is 2. The maximum absolute atomic E-state index is 12.0. The van der Waals surface area contributed by atoms with Gasteiger partial charge >= 0.3 is 5.97 Å². The number of nitrogens with zero attached hydrogens (tertiary/aromatic N) is 1. The molecule has 0 aliphatic heterocycles. The molecule has 0 spiro atoms. The number of ether oxygens (including phenoxy) is 1. The first-order valence-corrected chi connectivity index (χ1v) is 7.45. The molecule has 9 heteroatoms. The number of aromatic nitrogens is 1. The lowest BCUT2D eigenvalue weighted by Gasteiger charge is -2.15. The predicted molar refractivity (Wildman–Crippen MR) is 101 cm³/mol. The number of halogens is 2. The van der Waals surface area contributed by atoms with E-state index >= 15 is 0 Å². The average molecular weight is 394 g/mol. The number of aliphatic hydroxyl groups is 2. The molecule has 0 saturated heterocycles. The molecule has 0 bridgehead atoms. The molecule has 2 aromatic heterocycles. The Balaban J connectivity index is 0.00000288. The second-order valence-corrected chi connectivity index (χ2v) is 5.57. The van der Waals surface area contributed by atoms with Gasteiger partial charge in [-0.2, -0.15) is 0 Å². The Hall–Kier alpha value is -1.35. The molecule has 0 fully saturated rings. The van der Waals surface area contributed by atoms with E-state index in [0.29, 0.717) is 23.9 Å². The van der Waals surface area contributed by atoms with Crippen molar-refractivity contribution < 1.29 is 19.7 Å². The molecule has 2 atom stereocenters. The van der Waals surface area contributed by atoms with Crippen molar-refractivity contribution in [1.29, 1.82) is 0 Å². The van der Waals surface area contributed by atoms with Gasteiger partial charge in [0, 0.05) is 36.3 Å². The van der Waals surface area contributed by atoms with E-state index < -0.39 is 18.1 Å². The number of carbonyl (C=O) groups is 1. The van der Waals surface area contributed by atoms with Gasteiger partial charge in [-0.3, -0.25) is 0 Å². The molecule has 7 nitrogen and oxygen atoms in total. The van der Waals surface area contributed by atoms with Crippen LogP contribution < -0.4 is 11.5 Å². The van der Waals surface area contributed by atoms with Crippen molar-refractivity contribution in [2.24, 2.45) is 11.5 Å². The number of methoxy groups -OCH3 is 1. The minimum Gasteiger partial charge on any atom is -0.465 e. The van der Waals surface area contributed by atoms with Gasteiger partial charge in [0.05, 0.1) is 31.4 Å². The minimum atomic E-state index is -0.435. The van der Waals surface area contributed by atoms with Crippen molar-refractivity contribution in [3.05, 3.63) is 41.2 Å². The van der Waals surface area contributed by atoms with Gasteiger partial charge in [-0.05, 0) is 18.2 Å². The van der Waals surface area contributed by atoms with Gasteiger partial charge in [-0.1, -0.05) is 6.07 Å². The summed E-state index contributed by atoms with van der Waals surface area (Å²) in [6, 6.07) is 6.43. The van der Waals surface area contributed by atoms with E-state index in [2.05, 4.69) is 0 Å². The molecule has 2 aromatic rings. The number of hydrogen-bond acceptors (Lipinski definition) is 6. The van der Waals surface area contributed by atoms with Gasteiger partial charge in [-0.15, -0.1) is 24.8 Å². The van der Waals surface area contributed by atoms with Gasteiger partial charge in [0.15, 0.2) is 0 Å². The Kier molecular flexibility index (Phi) is 10.0. The number of rotatable bonds is 7. The summed E-state index contributed by atoms with van der Waals surface area (Å²) in [7, 11) is 1.33. The van der Waals surface area contributed by atoms with Crippen LogP contribution in [0.4, 0.5) is 0 Å². The summed E-state index contributed by atoms with van der Waals surface area (Å²) in [6.07, 6.45) is 0.852. The molecule has 2 heterocycles. The largest absolute Gasteiger partial charge is 0.465 e. The number of carbonyl (C=O) groups excluding carboxylic acids is 1. The van der Waals surface area contributed by atoms with E-state index in [9.17, 15) is 15.0 Å². The van der Waals surface area contributed by atoms with Crippen molar-refractivity contribution in [1.82, 2.24) is 4.40 Å². The lowest BCUT2D eigenvalue weighted by molar-refractivity contribution is 0.0603. The molecule has 25 heavy (non-hydrogen) atoms. The molecule has 0 aromatic carbocycles. The minimum absolute atomic E-state index is 0. The van der Waals surface area contributed by atoms with Crippen LogP contribution in [0.5, 0.6) is 0 Å². The molecule has 142 valence electrons. The first-order chi connectivity index (χ1) is 11.0. The lowest BCUT2D eigenvalue weighted by atomic mass is 10.1. The Morgan fingerprint density at radius 1 is 1.12 bits per heavy atom. The third kappa shape index (κ3) is 5.31. The fourth-order valence-electron chi connectivity index (χ4n) is 2.66. The molecule has 0 amide bonds. The normalized spacial score (nSPS) is 12.8. The number of esters is 1. The highest BCUT2D eigenvalue weighted by molar-refractivity contribution is 5.97. The molecule has 0 aliphatic rings. The third-order valence-corrected chi connectivity index (χ3v) is 3.76. The van der Waals surface area contributed by atoms with Gasteiger partial charge in [-0.25, -0.2) is 4.79 Å². The van der Waals surface area contributed by atoms with Crippen LogP contribution in [-0.2, 0) is 17.6 Å². The Labute approximate surface area is 158 Å². The Bertz CT molecular complexity index is 693. The van der Waals surface area contributed by atoms with Crippen LogP contribution in [0, 0.1) is 0 Å². The van der Waals surface area contributed by atoms with Crippen LogP contribution >= 0.6 is 24.8 Å². The zero-order chi connectivity index (χ0) is 17.0. The van der Waals surface area contributed by atoms with Crippen LogP contribution in [0.1, 0.15) is 21.7 Å². The van der Waals surface area contributed by atoms with Crippen LogP contribution in [0.2, 0.25) is 0 Å². The number of fused-ring (bicyclic) bond motifs is 1. The van der Waals surface area contributed by atoms with Crippen molar-refractivity contribution in [3.63, 3.8) is 0 Å². The highest BCUT2D eigenvalue weighted by Gasteiger charge is 2.19. The summed E-state index contributed by atoms with van der Waals surface area (Å²) in [5, 5.41) is 18.4. The van der Waals surface area contributed by atoms with Crippen molar-refractivity contribution >= 4 is 36.3 Å². The summed E-state index contributed by atoms with van der Waals surface area (Å²) in [6.45, 7) is -0.286. The molecular weight excluding hydrogens is 369 g/mol. The fraction of sp³-hybridized carbons (Fsp3) is 0.438. The number of nitrogens with two attached hydrogens (primary N) is 2. The van der Waals surface area contributed by atoms with Gasteiger partial charge in [0.25, 0.3) is 0 Å². The second kappa shape index (κ2) is 10.6. The SMILES string of the molecule is COC(=O)c1cc(CC(N)CO)n2c(CC(N)CO)cccc12.Cl.Cl. The number of hydrogen-bond donors (Lipinski definition) is 4. The van der Waals surface area contributed by atoms with E-state index in [1.165, 1.54) is 7.11 Å². The highest BCUT2D eigenvalue weighted by atomic mass is 35.5. The van der Waals surface area contributed by atoms with E-state index in [0.717, 1.165) is 11.4 Å². The van der Waals surface area contributed by atoms with E-state index in [1.54, 1.807) is 6.07 Å². The molecule has 6 N–H and O–H groups in total. The Morgan fingerprint density at radius 3 is 2.20 bits per heavy atom. The van der Waals surface area contributed by atoms with E-state index in [-0.39, 0.29) is 38.0 Å². The van der Waals surface area contributed by atoms with Gasteiger partial charge in [0.1, 0.15) is 0 Å². The van der Waals surface area contributed by atoms with Crippen LogP contribution in [-0.4, -0.2) is 53.0 Å². The monoisotopic (exact) mass is 393 g/mol. The molecule has 2 unspecified atom stereocenters. The lowest BCUT2D eigenvalue weighted by Crippen LogP contribution is -2.29. The average Bonchev–Trinajstić information content (AvgIpc) is 2.93. The topological polar surface area (TPSA) is 123 Å². The highest BCUT2D eigenvalue weighted by Crippen LogP contribution is 2.22.